The quantitative estimate of drug-likeness (QED) is 0.235. The Balaban J connectivity index is 4.42. The molecule has 1 N–H and O–H groups in total. The van der Waals surface area contributed by atoms with E-state index in [1.807, 2.05) is 0 Å². The Bertz CT molecular complexity index is 240. The summed E-state index contributed by atoms with van der Waals surface area (Å²) in [4.78, 5) is 21.0. The van der Waals surface area contributed by atoms with Crippen LogP contribution in [0.2, 0.25) is 0 Å². The molecule has 0 unspecified atom stereocenters. The average molecular weight is 156 g/mol. The minimum absolute atomic E-state index is 0.152. The van der Waals surface area contributed by atoms with Gasteiger partial charge in [-0.05, 0) is 0 Å². The summed E-state index contributed by atoms with van der Waals surface area (Å²) in [6.45, 7) is 1.01. The molecule has 0 fully saturated rings. The van der Waals surface area contributed by atoms with Gasteiger partial charge in [-0.3, -0.25) is 4.79 Å². The number of amides is 3. The zero-order valence-corrected chi connectivity index (χ0v) is 5.55. The number of nitriles is 1. The molecule has 0 aromatic carbocycles. The molecule has 0 saturated heterocycles. The molecule has 0 radical (unpaired) electrons. The third kappa shape index (κ3) is 2.40. The van der Waals surface area contributed by atoms with E-state index in [1.165, 1.54) is 6.19 Å². The van der Waals surface area contributed by atoms with E-state index in [4.69, 9.17) is 10.5 Å². The summed E-state index contributed by atoms with van der Waals surface area (Å²) in [6, 6.07) is -1.22. The zero-order chi connectivity index (χ0) is 8.85. The fraction of sp³-hybridized carbons (Fsp3) is 0.250. The minimum atomic E-state index is -1.22. The van der Waals surface area contributed by atoms with Crippen LogP contribution in [0.4, 0.5) is 4.79 Å². The van der Waals surface area contributed by atoms with Crippen LogP contribution in [-0.2, 0) is 4.79 Å². The van der Waals surface area contributed by atoms with Crippen molar-refractivity contribution in [3.63, 3.8) is 0 Å². The normalized spacial score (nSPS) is 9.09. The maximum atomic E-state index is 10.5. The minimum Gasteiger partial charge on any atom is -0.394 e. The monoisotopic (exact) mass is 156 g/mol. The second kappa shape index (κ2) is 3.94. The van der Waals surface area contributed by atoms with Gasteiger partial charge in [0.2, 0.25) is 5.91 Å². The van der Waals surface area contributed by atoms with Gasteiger partial charge in [-0.25, -0.2) is 4.79 Å². The molecule has 0 bridgehead atoms. The smallest absolute Gasteiger partial charge is 0.385 e. The Hall–Kier alpha value is -1.97. The van der Waals surface area contributed by atoms with E-state index in [0.717, 1.165) is 6.92 Å². The molecule has 0 aliphatic heterocycles. The highest BCUT2D eigenvalue weighted by Gasteiger charge is 2.16. The average Bonchev–Trinajstić information content (AvgIpc) is 1.88. The van der Waals surface area contributed by atoms with Crippen molar-refractivity contribution in [1.29, 1.82) is 5.26 Å². The summed E-state index contributed by atoms with van der Waals surface area (Å²) in [5.74, 6) is -0.787. The number of hydrogen-bond donors (Lipinski definition) is 1. The number of carbonyl (C=O) groups is 2. The van der Waals surface area contributed by atoms with E-state index in [2.05, 4.69) is 10.4 Å². The lowest BCUT2D eigenvalue weighted by molar-refractivity contribution is -0.123. The van der Waals surface area contributed by atoms with Crippen LogP contribution >= 0.6 is 0 Å². The van der Waals surface area contributed by atoms with E-state index >= 15 is 0 Å². The van der Waals surface area contributed by atoms with Crippen molar-refractivity contribution in [1.82, 2.24) is 4.90 Å². The molecule has 11 heavy (non-hydrogen) atoms. The number of carbonyl (C=O) groups excluding carboxylic acids is 2. The highest BCUT2D eigenvalue weighted by Crippen LogP contribution is 1.91. The first-order valence-corrected chi connectivity index (χ1v) is 2.43. The van der Waals surface area contributed by atoms with Gasteiger partial charge in [0.05, 0.1) is 0 Å². The number of nitrogens with zero attached hydrogens (tertiary/aromatic N) is 4. The molecule has 3 amide bonds. The lowest BCUT2D eigenvalue weighted by Crippen LogP contribution is -2.27. The molecule has 0 heterocycles. The molecule has 0 aromatic rings. The fourth-order valence-corrected chi connectivity index (χ4v) is 0.331. The standard InChI is InChI=1S/C4H4N4O3/c1-3(9)8(2-5)4(10)6-7-11/h1H3,(H,6,10,11). The SMILES string of the molecule is CC(=O)N(C#N)C(=O)N=NO. The second-order valence-electron chi connectivity index (χ2n) is 1.43. The highest BCUT2D eigenvalue weighted by molar-refractivity contribution is 5.95. The summed E-state index contributed by atoms with van der Waals surface area (Å²) >= 11 is 0. The van der Waals surface area contributed by atoms with Crippen LogP contribution < -0.4 is 0 Å². The summed E-state index contributed by atoms with van der Waals surface area (Å²) in [7, 11) is 0. The first-order valence-electron chi connectivity index (χ1n) is 2.43. The summed E-state index contributed by atoms with van der Waals surface area (Å²) in [6.07, 6.45) is 1.26. The van der Waals surface area contributed by atoms with Gasteiger partial charge in [0.1, 0.15) is 0 Å². The van der Waals surface area contributed by atoms with Crippen molar-refractivity contribution >= 4 is 11.9 Å². The topological polar surface area (TPSA) is 106 Å². The van der Waals surface area contributed by atoms with Gasteiger partial charge >= 0.3 is 6.03 Å². The first-order chi connectivity index (χ1) is 5.13. The van der Waals surface area contributed by atoms with Crippen LogP contribution in [0, 0.1) is 11.5 Å². The molecule has 0 aliphatic rings. The van der Waals surface area contributed by atoms with Gasteiger partial charge in [0, 0.05) is 12.2 Å². The Morgan fingerprint density at radius 3 is 2.45 bits per heavy atom. The van der Waals surface area contributed by atoms with E-state index < -0.39 is 11.9 Å². The van der Waals surface area contributed by atoms with E-state index in [1.54, 1.807) is 0 Å². The molecule has 0 saturated carbocycles. The molecule has 0 atom stereocenters. The van der Waals surface area contributed by atoms with E-state index in [-0.39, 0.29) is 4.90 Å². The van der Waals surface area contributed by atoms with Crippen molar-refractivity contribution in [2.24, 2.45) is 10.4 Å². The Labute approximate surface area is 61.5 Å². The zero-order valence-electron chi connectivity index (χ0n) is 5.55. The molecular weight excluding hydrogens is 152 g/mol. The lowest BCUT2D eigenvalue weighted by atomic mass is 10.6. The predicted octanol–water partition coefficient (Wildman–Crippen LogP) is 0.277. The summed E-state index contributed by atoms with van der Waals surface area (Å²) < 4.78 is 0. The molecule has 7 nitrogen and oxygen atoms in total. The van der Waals surface area contributed by atoms with Crippen LogP contribution in [0.1, 0.15) is 6.92 Å². The number of urea groups is 1. The van der Waals surface area contributed by atoms with Crippen LogP contribution in [0.5, 0.6) is 0 Å². The van der Waals surface area contributed by atoms with Crippen molar-refractivity contribution in [3.05, 3.63) is 0 Å². The highest BCUT2D eigenvalue weighted by atomic mass is 16.5. The Morgan fingerprint density at radius 2 is 2.18 bits per heavy atom. The first kappa shape index (κ1) is 9.03. The van der Waals surface area contributed by atoms with Crippen LogP contribution in [0.15, 0.2) is 10.4 Å². The molecular formula is C4H4N4O3. The molecule has 7 heteroatoms. The predicted molar refractivity (Wildman–Crippen MR) is 30.2 cm³/mol. The van der Waals surface area contributed by atoms with Gasteiger partial charge in [-0.1, -0.05) is 5.11 Å². The third-order valence-corrected chi connectivity index (χ3v) is 0.736. The van der Waals surface area contributed by atoms with E-state index in [9.17, 15) is 9.59 Å². The summed E-state index contributed by atoms with van der Waals surface area (Å²) in [5, 5.41) is 20.6. The summed E-state index contributed by atoms with van der Waals surface area (Å²) in [5.41, 5.74) is 0. The number of rotatable bonds is 0. The van der Waals surface area contributed by atoms with Crippen LogP contribution in [0.25, 0.3) is 0 Å². The molecule has 0 aliphatic carbocycles. The van der Waals surface area contributed by atoms with Gasteiger partial charge in [0.15, 0.2) is 6.19 Å². The van der Waals surface area contributed by atoms with Gasteiger partial charge in [-0.15, -0.1) is 0 Å². The molecule has 0 spiro atoms. The van der Waals surface area contributed by atoms with Crippen molar-refractivity contribution < 1.29 is 14.8 Å². The fourth-order valence-electron chi connectivity index (χ4n) is 0.331. The Morgan fingerprint density at radius 1 is 1.64 bits per heavy atom. The van der Waals surface area contributed by atoms with Crippen molar-refractivity contribution in [2.45, 2.75) is 6.92 Å². The van der Waals surface area contributed by atoms with Crippen molar-refractivity contribution in [2.75, 3.05) is 0 Å². The third-order valence-electron chi connectivity index (χ3n) is 0.736. The van der Waals surface area contributed by atoms with Crippen LogP contribution in [0.3, 0.4) is 0 Å². The second-order valence-corrected chi connectivity index (χ2v) is 1.43. The van der Waals surface area contributed by atoms with Gasteiger partial charge in [0.25, 0.3) is 0 Å². The lowest BCUT2D eigenvalue weighted by Gasteiger charge is -2.01. The van der Waals surface area contributed by atoms with Gasteiger partial charge in [-0.2, -0.15) is 10.2 Å². The molecule has 0 aromatic heterocycles. The molecule has 0 rings (SSSR count). The molecule has 58 valence electrons. The van der Waals surface area contributed by atoms with E-state index in [0.29, 0.717) is 0 Å². The van der Waals surface area contributed by atoms with Crippen molar-refractivity contribution in [3.8, 4) is 6.19 Å². The van der Waals surface area contributed by atoms with Gasteiger partial charge < -0.3 is 5.21 Å². The number of hydrogen-bond acceptors (Lipinski definition) is 4. The Kier molecular flexibility index (Phi) is 3.24. The largest absolute Gasteiger partial charge is 0.394 e. The number of imide groups is 1. The maximum absolute atomic E-state index is 10.5. The maximum Gasteiger partial charge on any atom is 0.385 e. The van der Waals surface area contributed by atoms with Crippen LogP contribution in [-0.4, -0.2) is 22.0 Å².